The number of carboxylic acids is 1. The quantitative estimate of drug-likeness (QED) is 0.205. The summed E-state index contributed by atoms with van der Waals surface area (Å²) >= 11 is 0. The highest BCUT2D eigenvalue weighted by Gasteiger charge is 2.26. The van der Waals surface area contributed by atoms with E-state index in [1.54, 1.807) is 6.07 Å². The van der Waals surface area contributed by atoms with E-state index in [1.807, 2.05) is 0 Å². The SMILES string of the molecule is Cl.O=C(O)CCN(NS(=O)(=O)c1ccccc1)C(=O)c1ccc(OCCNC2=NCCCN2)cc1O. The number of aliphatic imine (C=N–C) groups is 1. The fourth-order valence-corrected chi connectivity index (χ4v) is 4.20. The van der Waals surface area contributed by atoms with Gasteiger partial charge in [0.25, 0.3) is 15.9 Å². The number of nitrogens with one attached hydrogen (secondary N) is 3. The van der Waals surface area contributed by atoms with Gasteiger partial charge in [-0.05, 0) is 30.7 Å². The first-order valence-electron chi connectivity index (χ1n) is 10.9. The third kappa shape index (κ3) is 8.29. The number of aromatic hydroxyl groups is 1. The van der Waals surface area contributed by atoms with Crippen LogP contribution in [0.4, 0.5) is 0 Å². The molecule has 0 atom stereocenters. The van der Waals surface area contributed by atoms with Gasteiger partial charge in [0.2, 0.25) is 0 Å². The zero-order valence-electron chi connectivity index (χ0n) is 19.2. The Labute approximate surface area is 214 Å². The molecule has 1 amide bonds. The predicted octanol–water partition coefficient (Wildman–Crippen LogP) is 0.942. The Morgan fingerprint density at radius 1 is 1.17 bits per heavy atom. The van der Waals surface area contributed by atoms with Crippen molar-refractivity contribution in [3.8, 4) is 11.5 Å². The average Bonchev–Trinajstić information content (AvgIpc) is 2.85. The largest absolute Gasteiger partial charge is 0.507 e. The first-order valence-corrected chi connectivity index (χ1v) is 12.3. The fourth-order valence-electron chi connectivity index (χ4n) is 3.11. The van der Waals surface area contributed by atoms with Crippen molar-refractivity contribution in [2.75, 3.05) is 32.8 Å². The Morgan fingerprint density at radius 2 is 1.92 bits per heavy atom. The van der Waals surface area contributed by atoms with Gasteiger partial charge in [0, 0.05) is 25.7 Å². The van der Waals surface area contributed by atoms with Gasteiger partial charge in [-0.1, -0.05) is 18.2 Å². The number of hydrogen-bond acceptors (Lipinski definition) is 9. The van der Waals surface area contributed by atoms with Crippen molar-refractivity contribution in [1.29, 1.82) is 0 Å². The van der Waals surface area contributed by atoms with E-state index in [9.17, 15) is 23.1 Å². The first kappa shape index (κ1) is 28.7. The van der Waals surface area contributed by atoms with E-state index in [-0.39, 0.29) is 29.5 Å². The van der Waals surface area contributed by atoms with E-state index in [4.69, 9.17) is 9.84 Å². The normalized spacial score (nSPS) is 12.9. The number of carbonyl (C=O) groups excluding carboxylic acids is 1. The van der Waals surface area contributed by atoms with Crippen molar-refractivity contribution in [3.05, 3.63) is 54.1 Å². The third-order valence-corrected chi connectivity index (χ3v) is 6.19. The van der Waals surface area contributed by atoms with Gasteiger partial charge in [-0.3, -0.25) is 19.6 Å². The van der Waals surface area contributed by atoms with Crippen LogP contribution in [0, 0.1) is 0 Å². The van der Waals surface area contributed by atoms with Gasteiger partial charge < -0.3 is 25.6 Å². The molecule has 0 saturated heterocycles. The maximum atomic E-state index is 13.0. The summed E-state index contributed by atoms with van der Waals surface area (Å²) in [6.45, 7) is 1.86. The maximum Gasteiger partial charge on any atom is 0.305 e. The Morgan fingerprint density at radius 3 is 2.56 bits per heavy atom. The number of aliphatic carboxylic acids is 1. The summed E-state index contributed by atoms with van der Waals surface area (Å²) in [5.41, 5.74) is -0.225. The molecule has 14 heteroatoms. The van der Waals surface area contributed by atoms with E-state index in [0.29, 0.717) is 23.3 Å². The summed E-state index contributed by atoms with van der Waals surface area (Å²) in [6, 6.07) is 11.3. The predicted molar refractivity (Wildman–Crippen MR) is 134 cm³/mol. The van der Waals surface area contributed by atoms with E-state index < -0.39 is 40.6 Å². The summed E-state index contributed by atoms with van der Waals surface area (Å²) in [7, 11) is -4.17. The van der Waals surface area contributed by atoms with Gasteiger partial charge in [0.1, 0.15) is 18.1 Å². The number of benzene rings is 2. The minimum Gasteiger partial charge on any atom is -0.507 e. The monoisotopic (exact) mass is 541 g/mol. The number of phenolic OH excluding ortho intramolecular Hbond substituents is 1. The van der Waals surface area contributed by atoms with Crippen molar-refractivity contribution in [2.45, 2.75) is 17.7 Å². The second-order valence-electron chi connectivity index (χ2n) is 7.47. The van der Waals surface area contributed by atoms with Gasteiger partial charge in [-0.15, -0.1) is 17.2 Å². The molecule has 196 valence electrons. The molecule has 12 nitrogen and oxygen atoms in total. The van der Waals surface area contributed by atoms with E-state index in [2.05, 4.69) is 20.5 Å². The van der Waals surface area contributed by atoms with Crippen LogP contribution in [0.2, 0.25) is 0 Å². The average molecular weight is 542 g/mol. The summed E-state index contributed by atoms with van der Waals surface area (Å²) in [4.78, 5) is 30.3. The minimum absolute atomic E-state index is 0. The van der Waals surface area contributed by atoms with Crippen LogP contribution in [0.5, 0.6) is 11.5 Å². The van der Waals surface area contributed by atoms with Crippen LogP contribution in [-0.2, 0) is 14.8 Å². The third-order valence-electron chi connectivity index (χ3n) is 4.84. The molecule has 2 aromatic carbocycles. The summed E-state index contributed by atoms with van der Waals surface area (Å²) in [5, 5.41) is 26.3. The van der Waals surface area contributed by atoms with E-state index in [0.717, 1.165) is 19.5 Å². The van der Waals surface area contributed by atoms with Crippen LogP contribution in [0.25, 0.3) is 0 Å². The van der Waals surface area contributed by atoms with Gasteiger partial charge in [-0.2, -0.15) is 0 Å². The van der Waals surface area contributed by atoms with Crippen molar-refractivity contribution in [2.24, 2.45) is 4.99 Å². The smallest absolute Gasteiger partial charge is 0.305 e. The van der Waals surface area contributed by atoms with E-state index >= 15 is 0 Å². The van der Waals surface area contributed by atoms with Crippen molar-refractivity contribution in [1.82, 2.24) is 20.5 Å². The molecular weight excluding hydrogens is 514 g/mol. The molecule has 1 aliphatic rings. The number of ether oxygens (including phenoxy) is 1. The first-order chi connectivity index (χ1) is 16.8. The molecule has 5 N–H and O–H groups in total. The van der Waals surface area contributed by atoms with Crippen LogP contribution >= 0.6 is 12.4 Å². The molecule has 1 aliphatic heterocycles. The van der Waals surface area contributed by atoms with Gasteiger partial charge in [-0.25, -0.2) is 8.42 Å². The van der Waals surface area contributed by atoms with Crippen molar-refractivity contribution >= 4 is 40.3 Å². The summed E-state index contributed by atoms with van der Waals surface area (Å²) in [5.74, 6) is -1.60. The summed E-state index contributed by atoms with van der Waals surface area (Å²) < 4.78 is 30.9. The van der Waals surface area contributed by atoms with E-state index in [1.165, 1.54) is 42.5 Å². The van der Waals surface area contributed by atoms with Crippen LogP contribution < -0.4 is 20.2 Å². The number of amides is 1. The number of hydrazine groups is 1. The molecule has 0 aliphatic carbocycles. The number of guanidine groups is 1. The lowest BCUT2D eigenvalue weighted by Crippen LogP contribution is -2.47. The number of hydrogen-bond donors (Lipinski definition) is 5. The standard InChI is InChI=1S/C22H27N5O7S.ClH/c28-19-15-16(34-14-12-25-22-23-10-4-11-24-22)7-8-18(19)21(31)27(13-9-20(29)30)26-35(32,33)17-5-2-1-3-6-17;/h1-3,5-8,15,26,28H,4,9-14H2,(H,29,30)(H2,23,24,25);1H. The Hall–Kier alpha value is -3.55. The number of phenols is 1. The highest BCUT2D eigenvalue weighted by molar-refractivity contribution is 7.89. The number of carboxylic acid groups (broad SMARTS) is 1. The second kappa shape index (κ2) is 13.5. The van der Waals surface area contributed by atoms with Crippen molar-refractivity contribution in [3.63, 3.8) is 0 Å². The van der Waals surface area contributed by atoms with Gasteiger partial charge in [0.05, 0.1) is 23.4 Å². The number of rotatable bonds is 11. The zero-order chi connectivity index (χ0) is 25.3. The molecule has 0 aromatic heterocycles. The fraction of sp³-hybridized carbons (Fsp3) is 0.318. The molecule has 0 saturated carbocycles. The maximum absolute atomic E-state index is 13.0. The molecule has 0 unspecified atom stereocenters. The highest BCUT2D eigenvalue weighted by atomic mass is 35.5. The Bertz CT molecular complexity index is 1180. The van der Waals surface area contributed by atoms with Gasteiger partial charge >= 0.3 is 5.97 Å². The minimum atomic E-state index is -4.17. The van der Waals surface area contributed by atoms with Crippen LogP contribution in [0.3, 0.4) is 0 Å². The lowest BCUT2D eigenvalue weighted by Gasteiger charge is -2.23. The molecule has 2 aromatic rings. The number of halogens is 1. The molecule has 36 heavy (non-hydrogen) atoms. The Balaban J connectivity index is 0.00000456. The molecule has 0 bridgehead atoms. The molecule has 0 radical (unpaired) electrons. The lowest BCUT2D eigenvalue weighted by atomic mass is 10.1. The number of nitrogens with zero attached hydrogens (tertiary/aromatic N) is 2. The molecular formula is C22H28ClN5O7S. The second-order valence-corrected chi connectivity index (χ2v) is 9.13. The topological polar surface area (TPSA) is 170 Å². The lowest BCUT2D eigenvalue weighted by molar-refractivity contribution is -0.137. The Kier molecular flexibility index (Phi) is 10.8. The number of sulfonamides is 1. The van der Waals surface area contributed by atoms with Gasteiger partial charge in [0.15, 0.2) is 5.96 Å². The molecule has 3 rings (SSSR count). The van der Waals surface area contributed by atoms with Crippen molar-refractivity contribution < 1.29 is 33.0 Å². The van der Waals surface area contributed by atoms with Crippen LogP contribution in [0.1, 0.15) is 23.2 Å². The summed E-state index contributed by atoms with van der Waals surface area (Å²) in [6.07, 6.45) is 0.464. The van der Waals surface area contributed by atoms with Crippen LogP contribution in [-0.4, -0.2) is 74.3 Å². The molecule has 0 spiro atoms. The zero-order valence-corrected chi connectivity index (χ0v) is 20.8. The molecule has 1 heterocycles. The highest BCUT2D eigenvalue weighted by Crippen LogP contribution is 2.25. The number of carbonyl (C=O) groups is 2. The van der Waals surface area contributed by atoms with Crippen LogP contribution in [0.15, 0.2) is 58.4 Å². The molecule has 0 fully saturated rings.